The zero-order chi connectivity index (χ0) is 18.2. The zero-order valence-electron chi connectivity index (χ0n) is 15.3. The smallest absolute Gasteiger partial charge is 0.410 e. The van der Waals surface area contributed by atoms with Crippen LogP contribution < -0.4 is 0 Å². The minimum atomic E-state index is -0.497. The molecule has 0 saturated carbocycles. The first kappa shape index (κ1) is 18.0. The number of halogens is 1. The second-order valence-corrected chi connectivity index (χ2v) is 8.01. The van der Waals surface area contributed by atoms with Gasteiger partial charge in [0.05, 0.1) is 5.69 Å². The molecule has 6 nitrogen and oxygen atoms in total. The van der Waals surface area contributed by atoms with Gasteiger partial charge in [-0.2, -0.15) is 0 Å². The van der Waals surface area contributed by atoms with Crippen LogP contribution in [0.25, 0.3) is 5.65 Å². The Labute approximate surface area is 153 Å². The molecular weight excluding hydrogens is 340 g/mol. The van der Waals surface area contributed by atoms with Crippen LogP contribution in [0.15, 0.2) is 12.5 Å². The van der Waals surface area contributed by atoms with Crippen molar-refractivity contribution in [3.63, 3.8) is 0 Å². The number of imidazole rings is 1. The molecule has 136 valence electrons. The van der Waals surface area contributed by atoms with Crippen LogP contribution >= 0.6 is 11.6 Å². The predicted molar refractivity (Wildman–Crippen MR) is 97.0 cm³/mol. The third-order valence-corrected chi connectivity index (χ3v) is 4.81. The summed E-state index contributed by atoms with van der Waals surface area (Å²) in [5, 5.41) is 0.570. The summed E-state index contributed by atoms with van der Waals surface area (Å²) < 4.78 is 7.37. The topological polar surface area (TPSA) is 59.7 Å². The van der Waals surface area contributed by atoms with Gasteiger partial charge in [0.2, 0.25) is 0 Å². The molecule has 2 aromatic heterocycles. The first-order chi connectivity index (χ1) is 11.8. The summed E-state index contributed by atoms with van der Waals surface area (Å²) in [4.78, 5) is 23.3. The molecule has 0 unspecified atom stereocenters. The number of rotatable bonds is 2. The van der Waals surface area contributed by atoms with Crippen molar-refractivity contribution in [2.24, 2.45) is 0 Å². The Morgan fingerprint density at radius 3 is 2.84 bits per heavy atom. The highest BCUT2D eigenvalue weighted by Gasteiger charge is 2.31. The van der Waals surface area contributed by atoms with Crippen LogP contribution in [0.1, 0.15) is 51.3 Å². The normalized spacial score (nSPS) is 18.6. The Bertz CT molecular complexity index is 781. The molecule has 3 rings (SSSR count). The number of carbonyl (C=O) groups excluding carboxylic acids is 1. The van der Waals surface area contributed by atoms with E-state index >= 15 is 0 Å². The van der Waals surface area contributed by atoms with Gasteiger partial charge < -0.3 is 9.64 Å². The van der Waals surface area contributed by atoms with E-state index in [2.05, 4.69) is 9.97 Å². The lowest BCUT2D eigenvalue weighted by Crippen LogP contribution is -2.47. The number of carbonyl (C=O) groups is 1. The molecule has 1 aliphatic heterocycles. The lowest BCUT2D eigenvalue weighted by atomic mass is 9.98. The second kappa shape index (κ2) is 6.83. The number of aromatic nitrogens is 3. The van der Waals surface area contributed by atoms with Crippen molar-refractivity contribution in [2.75, 3.05) is 6.54 Å². The number of hydrogen-bond acceptors (Lipinski definition) is 4. The SMILES string of the molecule is Cc1cncn2c(Cl)c(C[C@@H]3CCCCN3C(=O)OC(C)(C)C)nc12. The van der Waals surface area contributed by atoms with Crippen molar-refractivity contribution < 1.29 is 9.53 Å². The summed E-state index contributed by atoms with van der Waals surface area (Å²) in [6.07, 6.45) is 6.84. The lowest BCUT2D eigenvalue weighted by Gasteiger charge is -2.36. The molecule has 0 aromatic carbocycles. The highest BCUT2D eigenvalue weighted by atomic mass is 35.5. The molecule has 0 N–H and O–H groups in total. The molecule has 0 bridgehead atoms. The maximum Gasteiger partial charge on any atom is 0.410 e. The van der Waals surface area contributed by atoms with Gasteiger partial charge in [-0.05, 0) is 47.0 Å². The van der Waals surface area contributed by atoms with Crippen molar-refractivity contribution in [3.05, 3.63) is 28.9 Å². The Kier molecular flexibility index (Phi) is 4.91. The van der Waals surface area contributed by atoms with Gasteiger partial charge in [-0.3, -0.25) is 4.40 Å². The van der Waals surface area contributed by atoms with E-state index in [-0.39, 0.29) is 12.1 Å². The van der Waals surface area contributed by atoms with Gasteiger partial charge in [0, 0.05) is 30.8 Å². The number of aryl methyl sites for hydroxylation is 1. The van der Waals surface area contributed by atoms with Crippen molar-refractivity contribution in [1.82, 2.24) is 19.3 Å². The van der Waals surface area contributed by atoms with Gasteiger partial charge in [-0.1, -0.05) is 11.6 Å². The number of nitrogens with zero attached hydrogens (tertiary/aromatic N) is 4. The van der Waals surface area contributed by atoms with Crippen molar-refractivity contribution in [2.45, 2.75) is 65.0 Å². The molecular formula is C18H25ClN4O2. The van der Waals surface area contributed by atoms with Crippen LogP contribution in [-0.4, -0.2) is 43.5 Å². The van der Waals surface area contributed by atoms with Crippen LogP contribution in [-0.2, 0) is 11.2 Å². The van der Waals surface area contributed by atoms with E-state index in [1.54, 1.807) is 16.9 Å². The predicted octanol–water partition coefficient (Wildman–Crippen LogP) is 4.02. The maximum atomic E-state index is 12.6. The van der Waals surface area contributed by atoms with Crippen molar-refractivity contribution in [3.8, 4) is 0 Å². The average Bonchev–Trinajstić information content (AvgIpc) is 2.84. The monoisotopic (exact) mass is 364 g/mol. The molecule has 3 heterocycles. The van der Waals surface area contributed by atoms with Gasteiger partial charge in [-0.25, -0.2) is 14.8 Å². The van der Waals surface area contributed by atoms with Crippen LogP contribution in [0.4, 0.5) is 4.79 Å². The van der Waals surface area contributed by atoms with Gasteiger partial charge >= 0.3 is 6.09 Å². The van der Waals surface area contributed by atoms with Gasteiger partial charge in [0.25, 0.3) is 0 Å². The molecule has 0 aliphatic carbocycles. The van der Waals surface area contributed by atoms with E-state index in [1.165, 1.54) is 0 Å². The average molecular weight is 365 g/mol. The van der Waals surface area contributed by atoms with E-state index in [1.807, 2.05) is 32.6 Å². The van der Waals surface area contributed by atoms with Gasteiger partial charge in [-0.15, -0.1) is 0 Å². The number of likely N-dealkylation sites (tertiary alicyclic amines) is 1. The zero-order valence-corrected chi connectivity index (χ0v) is 16.0. The fourth-order valence-corrected chi connectivity index (χ4v) is 3.48. The Balaban J connectivity index is 1.84. The summed E-state index contributed by atoms with van der Waals surface area (Å²) in [6, 6.07) is 0.0549. The number of piperidine rings is 1. The van der Waals surface area contributed by atoms with E-state index < -0.39 is 5.60 Å². The molecule has 1 atom stereocenters. The van der Waals surface area contributed by atoms with Crippen molar-refractivity contribution >= 4 is 23.3 Å². The summed E-state index contributed by atoms with van der Waals surface area (Å²) >= 11 is 6.51. The summed E-state index contributed by atoms with van der Waals surface area (Å²) in [7, 11) is 0. The highest BCUT2D eigenvalue weighted by molar-refractivity contribution is 6.30. The third-order valence-electron chi connectivity index (χ3n) is 4.41. The summed E-state index contributed by atoms with van der Waals surface area (Å²) in [5.74, 6) is 0. The van der Waals surface area contributed by atoms with Crippen LogP contribution in [0, 0.1) is 6.92 Å². The largest absolute Gasteiger partial charge is 0.444 e. The van der Waals surface area contributed by atoms with Crippen LogP contribution in [0.3, 0.4) is 0 Å². The first-order valence-electron chi connectivity index (χ1n) is 8.73. The molecule has 1 fully saturated rings. The molecule has 1 amide bonds. The quantitative estimate of drug-likeness (QED) is 0.807. The van der Waals surface area contributed by atoms with Gasteiger partial charge in [0.1, 0.15) is 22.7 Å². The van der Waals surface area contributed by atoms with Crippen LogP contribution in [0.2, 0.25) is 5.15 Å². The summed E-state index contributed by atoms with van der Waals surface area (Å²) in [6.45, 7) is 8.34. The molecule has 7 heteroatoms. The molecule has 0 radical (unpaired) electrons. The number of amides is 1. The van der Waals surface area contributed by atoms with Gasteiger partial charge in [0.15, 0.2) is 0 Å². The van der Waals surface area contributed by atoms with E-state index in [9.17, 15) is 4.79 Å². The first-order valence-corrected chi connectivity index (χ1v) is 9.11. The van der Waals surface area contributed by atoms with Crippen LogP contribution in [0.5, 0.6) is 0 Å². The molecule has 25 heavy (non-hydrogen) atoms. The number of fused-ring (bicyclic) bond motifs is 1. The molecule has 1 aliphatic rings. The maximum absolute atomic E-state index is 12.6. The third kappa shape index (κ3) is 3.89. The Hall–Kier alpha value is -1.82. The highest BCUT2D eigenvalue weighted by Crippen LogP contribution is 2.27. The number of hydrogen-bond donors (Lipinski definition) is 0. The Morgan fingerprint density at radius 1 is 1.40 bits per heavy atom. The minimum absolute atomic E-state index is 0.0549. The van der Waals surface area contributed by atoms with Crippen molar-refractivity contribution in [1.29, 1.82) is 0 Å². The van der Waals surface area contributed by atoms with E-state index in [0.29, 0.717) is 18.1 Å². The lowest BCUT2D eigenvalue weighted by molar-refractivity contribution is 0.00986. The molecule has 0 spiro atoms. The second-order valence-electron chi connectivity index (χ2n) is 7.65. The van der Waals surface area contributed by atoms with E-state index in [4.69, 9.17) is 16.3 Å². The number of ether oxygens (including phenoxy) is 1. The summed E-state index contributed by atoms with van der Waals surface area (Å²) in [5.41, 5.74) is 2.10. The fraction of sp³-hybridized carbons (Fsp3) is 0.611. The molecule has 2 aromatic rings. The minimum Gasteiger partial charge on any atom is -0.444 e. The fourth-order valence-electron chi connectivity index (χ4n) is 3.24. The standard InChI is InChI=1S/C18H25ClN4O2/c1-12-10-20-11-23-15(19)14(21-16(12)23)9-13-7-5-6-8-22(13)17(24)25-18(2,3)4/h10-11,13H,5-9H2,1-4H3/t13-/m0/s1. The Morgan fingerprint density at radius 2 is 2.16 bits per heavy atom. The van der Waals surface area contributed by atoms with E-state index in [0.717, 1.165) is 36.2 Å². The molecule has 1 saturated heterocycles.